The van der Waals surface area contributed by atoms with Gasteiger partial charge >= 0.3 is 0 Å². The van der Waals surface area contributed by atoms with E-state index in [4.69, 9.17) is 5.73 Å². The number of aromatic nitrogens is 2. The molecule has 0 bridgehead atoms. The van der Waals surface area contributed by atoms with E-state index in [1.165, 1.54) is 32.1 Å². The third-order valence-electron chi connectivity index (χ3n) is 3.75. The molecule has 1 saturated carbocycles. The minimum atomic E-state index is -0.0722. The number of hydrogen-bond acceptors (Lipinski definition) is 4. The molecule has 1 aliphatic rings. The zero-order valence-corrected chi connectivity index (χ0v) is 12.4. The van der Waals surface area contributed by atoms with Gasteiger partial charge in [-0.1, -0.05) is 46.5 Å². The van der Waals surface area contributed by atoms with Crippen molar-refractivity contribution in [3.05, 3.63) is 11.9 Å². The fourth-order valence-corrected chi connectivity index (χ4v) is 2.60. The van der Waals surface area contributed by atoms with E-state index < -0.39 is 0 Å². The van der Waals surface area contributed by atoms with Gasteiger partial charge in [0.05, 0.1) is 0 Å². The van der Waals surface area contributed by atoms with Gasteiger partial charge in [-0.25, -0.2) is 9.97 Å². The molecule has 0 radical (unpaired) electrons. The number of nitrogens with zero attached hydrogens (tertiary/aromatic N) is 2. The van der Waals surface area contributed by atoms with E-state index in [1.54, 1.807) is 0 Å². The monoisotopic (exact) mass is 262 g/mol. The molecule has 1 aromatic rings. The maximum atomic E-state index is 5.86. The van der Waals surface area contributed by atoms with Gasteiger partial charge in [0.15, 0.2) is 0 Å². The maximum absolute atomic E-state index is 5.86. The van der Waals surface area contributed by atoms with Crippen molar-refractivity contribution in [1.29, 1.82) is 0 Å². The molecular weight excluding hydrogens is 236 g/mol. The Morgan fingerprint density at radius 2 is 1.95 bits per heavy atom. The van der Waals surface area contributed by atoms with E-state index >= 15 is 0 Å². The molecule has 106 valence electrons. The van der Waals surface area contributed by atoms with Crippen molar-refractivity contribution >= 4 is 11.6 Å². The van der Waals surface area contributed by atoms with Gasteiger partial charge in [0.2, 0.25) is 0 Å². The topological polar surface area (TPSA) is 63.8 Å². The zero-order valence-electron chi connectivity index (χ0n) is 12.4. The normalized spacial score (nSPS) is 16.8. The molecule has 0 saturated heterocycles. The third kappa shape index (κ3) is 4.08. The van der Waals surface area contributed by atoms with E-state index in [0.29, 0.717) is 5.82 Å². The van der Waals surface area contributed by atoms with Crippen molar-refractivity contribution < 1.29 is 0 Å². The molecule has 1 aliphatic carbocycles. The van der Waals surface area contributed by atoms with Gasteiger partial charge in [-0.3, -0.25) is 0 Å². The second kappa shape index (κ2) is 5.76. The predicted octanol–water partition coefficient (Wildman–Crippen LogP) is 3.35. The summed E-state index contributed by atoms with van der Waals surface area (Å²) in [5, 5.41) is 3.39. The number of nitrogen functional groups attached to an aromatic ring is 1. The van der Waals surface area contributed by atoms with Gasteiger partial charge in [-0.05, 0) is 12.3 Å². The van der Waals surface area contributed by atoms with E-state index in [0.717, 1.165) is 24.1 Å². The Bertz CT molecular complexity index is 417. The van der Waals surface area contributed by atoms with Gasteiger partial charge in [0.25, 0.3) is 0 Å². The third-order valence-corrected chi connectivity index (χ3v) is 3.75. The van der Waals surface area contributed by atoms with Gasteiger partial charge in [-0.15, -0.1) is 0 Å². The van der Waals surface area contributed by atoms with E-state index in [-0.39, 0.29) is 5.41 Å². The van der Waals surface area contributed by atoms with Crippen LogP contribution in [0, 0.1) is 5.92 Å². The number of hydrogen-bond donors (Lipinski definition) is 2. The summed E-state index contributed by atoms with van der Waals surface area (Å²) in [4.78, 5) is 8.88. The molecule has 0 aliphatic heterocycles. The van der Waals surface area contributed by atoms with E-state index in [1.807, 2.05) is 6.07 Å². The average molecular weight is 262 g/mol. The molecule has 3 N–H and O–H groups in total. The molecule has 4 nitrogen and oxygen atoms in total. The summed E-state index contributed by atoms with van der Waals surface area (Å²) in [5.74, 6) is 3.10. The smallest absolute Gasteiger partial charge is 0.138 e. The molecule has 0 atom stereocenters. The number of nitrogens with two attached hydrogens (primary N) is 1. The highest BCUT2D eigenvalue weighted by Crippen LogP contribution is 2.27. The molecule has 2 rings (SSSR count). The van der Waals surface area contributed by atoms with Crippen LogP contribution < -0.4 is 11.1 Å². The van der Waals surface area contributed by atoms with E-state index in [9.17, 15) is 0 Å². The van der Waals surface area contributed by atoms with Crippen LogP contribution in [0.25, 0.3) is 0 Å². The molecule has 1 heterocycles. The SMILES string of the molecule is CC(C)(C)c1nc(N)cc(NCCC2CCCC2)n1. The fourth-order valence-electron chi connectivity index (χ4n) is 2.60. The Morgan fingerprint density at radius 1 is 1.26 bits per heavy atom. The maximum Gasteiger partial charge on any atom is 0.138 e. The lowest BCUT2D eigenvalue weighted by Crippen LogP contribution is -2.18. The predicted molar refractivity (Wildman–Crippen MR) is 80.2 cm³/mol. The lowest BCUT2D eigenvalue weighted by molar-refractivity contribution is 0.517. The first-order valence-corrected chi connectivity index (χ1v) is 7.34. The Balaban J connectivity index is 1.94. The summed E-state index contributed by atoms with van der Waals surface area (Å²) in [5.41, 5.74) is 5.79. The quantitative estimate of drug-likeness (QED) is 0.873. The highest BCUT2D eigenvalue weighted by Gasteiger charge is 2.19. The van der Waals surface area contributed by atoms with Crippen molar-refractivity contribution in [2.45, 2.75) is 58.3 Å². The van der Waals surface area contributed by atoms with Crippen LogP contribution in [0.4, 0.5) is 11.6 Å². The Hall–Kier alpha value is -1.32. The minimum Gasteiger partial charge on any atom is -0.384 e. The van der Waals surface area contributed by atoms with Crippen LogP contribution in [0.5, 0.6) is 0 Å². The Labute approximate surface area is 116 Å². The van der Waals surface area contributed by atoms with Crippen LogP contribution >= 0.6 is 0 Å². The first-order chi connectivity index (χ1) is 8.95. The molecule has 0 amide bonds. The molecule has 1 fully saturated rings. The van der Waals surface area contributed by atoms with Gasteiger partial charge in [-0.2, -0.15) is 0 Å². The van der Waals surface area contributed by atoms with Crippen LogP contribution in [-0.2, 0) is 5.41 Å². The van der Waals surface area contributed by atoms with Crippen molar-refractivity contribution in [3.63, 3.8) is 0 Å². The highest BCUT2D eigenvalue weighted by atomic mass is 15.1. The number of nitrogens with one attached hydrogen (secondary N) is 1. The summed E-state index contributed by atoms with van der Waals surface area (Å²) in [6.45, 7) is 7.28. The number of anilines is 2. The minimum absolute atomic E-state index is 0.0722. The van der Waals surface area contributed by atoms with E-state index in [2.05, 4.69) is 36.1 Å². The first-order valence-electron chi connectivity index (χ1n) is 7.34. The summed E-state index contributed by atoms with van der Waals surface area (Å²) in [6, 6.07) is 1.82. The lowest BCUT2D eigenvalue weighted by Gasteiger charge is -2.18. The average Bonchev–Trinajstić information content (AvgIpc) is 2.80. The fraction of sp³-hybridized carbons (Fsp3) is 0.733. The largest absolute Gasteiger partial charge is 0.384 e. The molecule has 4 heteroatoms. The summed E-state index contributed by atoms with van der Waals surface area (Å²) in [6.07, 6.45) is 6.81. The summed E-state index contributed by atoms with van der Waals surface area (Å²) >= 11 is 0. The molecule has 0 unspecified atom stereocenters. The van der Waals surface area contributed by atoms with Gasteiger partial charge < -0.3 is 11.1 Å². The van der Waals surface area contributed by atoms with Crippen molar-refractivity contribution in [2.75, 3.05) is 17.6 Å². The second-order valence-corrected chi connectivity index (χ2v) is 6.62. The van der Waals surface area contributed by atoms with Crippen molar-refractivity contribution in [3.8, 4) is 0 Å². The van der Waals surface area contributed by atoms with Gasteiger partial charge in [0.1, 0.15) is 17.5 Å². The van der Waals surface area contributed by atoms with Crippen LogP contribution in [0.2, 0.25) is 0 Å². The standard InChI is InChI=1S/C15H26N4/c1-15(2,3)14-18-12(16)10-13(19-14)17-9-8-11-6-4-5-7-11/h10-11H,4-9H2,1-3H3,(H3,16,17,18,19). The molecule has 1 aromatic heterocycles. The molecular formula is C15H26N4. The summed E-state index contributed by atoms with van der Waals surface area (Å²) in [7, 11) is 0. The van der Waals surface area contributed by atoms with Crippen LogP contribution in [-0.4, -0.2) is 16.5 Å². The first kappa shape index (κ1) is 14.1. The van der Waals surface area contributed by atoms with Crippen LogP contribution in [0.15, 0.2) is 6.07 Å². The second-order valence-electron chi connectivity index (χ2n) is 6.62. The van der Waals surface area contributed by atoms with Crippen molar-refractivity contribution in [2.24, 2.45) is 5.92 Å². The molecule has 0 spiro atoms. The van der Waals surface area contributed by atoms with Crippen LogP contribution in [0.1, 0.15) is 58.7 Å². The van der Waals surface area contributed by atoms with Gasteiger partial charge in [0, 0.05) is 18.0 Å². The molecule has 19 heavy (non-hydrogen) atoms. The van der Waals surface area contributed by atoms with Crippen molar-refractivity contribution in [1.82, 2.24) is 9.97 Å². The lowest BCUT2D eigenvalue weighted by atomic mass is 9.96. The van der Waals surface area contributed by atoms with Crippen LogP contribution in [0.3, 0.4) is 0 Å². The Kier molecular flexibility index (Phi) is 4.27. The highest BCUT2D eigenvalue weighted by molar-refractivity contribution is 5.45. The summed E-state index contributed by atoms with van der Waals surface area (Å²) < 4.78 is 0. The Morgan fingerprint density at radius 3 is 2.58 bits per heavy atom. The number of rotatable bonds is 4. The zero-order chi connectivity index (χ0) is 13.9. The molecule has 0 aromatic carbocycles.